The third-order valence-electron chi connectivity index (χ3n) is 3.80. The molecule has 7 heteroatoms. The highest BCUT2D eigenvalue weighted by atomic mass is 79.9. The lowest BCUT2D eigenvalue weighted by Gasteiger charge is -2.14. The number of carboxylic acid groups (broad SMARTS) is 1. The van der Waals surface area contributed by atoms with E-state index in [1.807, 2.05) is 25.1 Å². The lowest BCUT2D eigenvalue weighted by atomic mass is 10.00. The zero-order valence-corrected chi connectivity index (χ0v) is 14.9. The van der Waals surface area contributed by atoms with Crippen molar-refractivity contribution in [2.75, 3.05) is 7.11 Å². The Labute approximate surface area is 147 Å². The molecule has 0 unspecified atom stereocenters. The van der Waals surface area contributed by atoms with Crippen LogP contribution in [0.25, 0.3) is 16.6 Å². The van der Waals surface area contributed by atoms with Gasteiger partial charge in [-0.1, -0.05) is 6.92 Å². The van der Waals surface area contributed by atoms with Gasteiger partial charge in [-0.15, -0.1) is 0 Å². The van der Waals surface area contributed by atoms with E-state index in [1.54, 1.807) is 16.9 Å². The molecule has 0 aromatic carbocycles. The first-order valence-electron chi connectivity index (χ1n) is 7.43. The number of halogens is 1. The molecule has 3 aromatic rings. The van der Waals surface area contributed by atoms with Crippen molar-refractivity contribution in [1.29, 1.82) is 0 Å². The molecule has 3 heterocycles. The molecule has 0 amide bonds. The number of nitrogens with zero attached hydrogens (tertiary/aromatic N) is 3. The molecular formula is C17H16BrN3O3. The highest BCUT2D eigenvalue weighted by molar-refractivity contribution is 9.10. The molecular weight excluding hydrogens is 374 g/mol. The summed E-state index contributed by atoms with van der Waals surface area (Å²) in [6, 6.07) is 5.70. The Morgan fingerprint density at radius 3 is 2.79 bits per heavy atom. The van der Waals surface area contributed by atoms with Gasteiger partial charge in [0.25, 0.3) is 0 Å². The summed E-state index contributed by atoms with van der Waals surface area (Å²) in [5.74, 6) is -1.04. The molecule has 0 radical (unpaired) electrons. The van der Waals surface area contributed by atoms with Gasteiger partial charge in [-0.05, 0) is 40.5 Å². The van der Waals surface area contributed by atoms with E-state index in [0.717, 1.165) is 22.1 Å². The van der Waals surface area contributed by atoms with E-state index < -0.39 is 5.97 Å². The van der Waals surface area contributed by atoms with E-state index in [9.17, 15) is 9.90 Å². The summed E-state index contributed by atoms with van der Waals surface area (Å²) in [6.45, 7) is 2.15. The molecule has 0 bridgehead atoms. The van der Waals surface area contributed by atoms with Gasteiger partial charge >= 0.3 is 5.97 Å². The van der Waals surface area contributed by atoms with Crippen molar-refractivity contribution >= 4 is 27.4 Å². The van der Waals surface area contributed by atoms with Crippen LogP contribution < -0.4 is 0 Å². The lowest BCUT2D eigenvalue weighted by molar-refractivity contribution is 0.0691. The van der Waals surface area contributed by atoms with Crippen molar-refractivity contribution in [2.45, 2.75) is 20.0 Å². The Morgan fingerprint density at radius 2 is 2.17 bits per heavy atom. The van der Waals surface area contributed by atoms with Gasteiger partial charge in [-0.3, -0.25) is 4.98 Å². The van der Waals surface area contributed by atoms with Crippen LogP contribution in [0.5, 0.6) is 0 Å². The van der Waals surface area contributed by atoms with E-state index in [-0.39, 0.29) is 12.2 Å². The highest BCUT2D eigenvalue weighted by Crippen LogP contribution is 2.32. The normalized spacial score (nSPS) is 11.1. The summed E-state index contributed by atoms with van der Waals surface area (Å²) in [5.41, 5.74) is 3.58. The average Bonchev–Trinajstić information content (AvgIpc) is 2.96. The molecule has 1 N–H and O–H groups in total. The third kappa shape index (κ3) is 2.81. The maximum absolute atomic E-state index is 12.0. The van der Waals surface area contributed by atoms with Crippen molar-refractivity contribution in [2.24, 2.45) is 0 Å². The minimum absolute atomic E-state index is 0.118. The molecule has 0 atom stereocenters. The smallest absolute Gasteiger partial charge is 0.338 e. The van der Waals surface area contributed by atoms with Crippen LogP contribution in [-0.4, -0.2) is 32.8 Å². The van der Waals surface area contributed by atoms with Gasteiger partial charge in [-0.25, -0.2) is 9.31 Å². The van der Waals surface area contributed by atoms with E-state index in [2.05, 4.69) is 26.0 Å². The first kappa shape index (κ1) is 16.6. The van der Waals surface area contributed by atoms with Gasteiger partial charge in [0.2, 0.25) is 0 Å². The highest BCUT2D eigenvalue weighted by Gasteiger charge is 2.23. The molecule has 0 aliphatic rings. The number of fused-ring (bicyclic) bond motifs is 1. The first-order chi connectivity index (χ1) is 11.6. The van der Waals surface area contributed by atoms with E-state index in [1.165, 1.54) is 7.11 Å². The van der Waals surface area contributed by atoms with Crippen LogP contribution in [-0.2, 0) is 17.8 Å². The summed E-state index contributed by atoms with van der Waals surface area (Å²) < 4.78 is 7.74. The number of methoxy groups -OCH3 is 1. The third-order valence-corrected chi connectivity index (χ3v) is 4.23. The Bertz CT molecular complexity index is 921. The standard InChI is InChI=1S/C17H16BrN3O3/c1-3-12-4-5-14-15(10-6-11(18)8-19-7-10)16(17(22)23)13(9-24-2)20-21(12)14/h4-8H,3,9H2,1-2H3,(H,22,23). The second-order valence-corrected chi connectivity index (χ2v) is 6.22. The number of ether oxygens (including phenoxy) is 1. The number of carbonyl (C=O) groups is 1. The zero-order valence-electron chi connectivity index (χ0n) is 13.3. The first-order valence-corrected chi connectivity index (χ1v) is 8.22. The molecule has 0 aliphatic carbocycles. The second kappa shape index (κ2) is 6.70. The number of hydrogen-bond acceptors (Lipinski definition) is 4. The molecule has 24 heavy (non-hydrogen) atoms. The number of aromatic carboxylic acids is 1. The van der Waals surface area contributed by atoms with Crippen LogP contribution in [0.15, 0.2) is 35.1 Å². The van der Waals surface area contributed by atoms with Crippen LogP contribution in [0.3, 0.4) is 0 Å². The summed E-state index contributed by atoms with van der Waals surface area (Å²) in [6.07, 6.45) is 4.10. The summed E-state index contributed by atoms with van der Waals surface area (Å²) in [4.78, 5) is 16.1. The number of rotatable bonds is 5. The Hall–Kier alpha value is -2.25. The van der Waals surface area contributed by atoms with Crippen LogP contribution >= 0.6 is 15.9 Å². The molecule has 0 aliphatic heterocycles. The average molecular weight is 390 g/mol. The summed E-state index contributed by atoms with van der Waals surface area (Å²) in [5, 5.41) is 14.3. The van der Waals surface area contributed by atoms with Crippen LogP contribution in [0, 0.1) is 0 Å². The number of hydrogen-bond donors (Lipinski definition) is 1. The number of pyridine rings is 1. The summed E-state index contributed by atoms with van der Waals surface area (Å²) in [7, 11) is 1.52. The molecule has 0 saturated heterocycles. The fraction of sp³-hybridized carbons (Fsp3) is 0.235. The fourth-order valence-corrected chi connectivity index (χ4v) is 3.16. The van der Waals surface area contributed by atoms with E-state index in [4.69, 9.17) is 4.74 Å². The van der Waals surface area contributed by atoms with Crippen LogP contribution in [0.4, 0.5) is 0 Å². The van der Waals surface area contributed by atoms with E-state index >= 15 is 0 Å². The molecule has 0 fully saturated rings. The number of aromatic nitrogens is 3. The Kier molecular flexibility index (Phi) is 4.64. The molecule has 0 spiro atoms. The monoisotopic (exact) mass is 389 g/mol. The van der Waals surface area contributed by atoms with Crippen LogP contribution in [0.1, 0.15) is 28.7 Å². The van der Waals surface area contributed by atoms with Crippen molar-refractivity contribution in [1.82, 2.24) is 14.6 Å². The maximum Gasteiger partial charge on any atom is 0.338 e. The topological polar surface area (TPSA) is 76.7 Å². The van der Waals surface area contributed by atoms with Gasteiger partial charge in [0, 0.05) is 40.8 Å². The minimum atomic E-state index is -1.04. The fourth-order valence-electron chi connectivity index (χ4n) is 2.80. The van der Waals surface area contributed by atoms with Crippen LogP contribution in [0.2, 0.25) is 0 Å². The SMILES string of the molecule is CCc1ccc2c(-c3cncc(Br)c3)c(C(=O)O)c(COC)nn12. The molecule has 3 aromatic heterocycles. The van der Waals surface area contributed by atoms with Crippen molar-refractivity contribution in [3.63, 3.8) is 0 Å². The Balaban J connectivity index is 2.44. The minimum Gasteiger partial charge on any atom is -0.478 e. The number of carboxylic acids is 1. The summed E-state index contributed by atoms with van der Waals surface area (Å²) >= 11 is 3.40. The maximum atomic E-state index is 12.0. The molecule has 124 valence electrons. The Morgan fingerprint density at radius 1 is 1.38 bits per heavy atom. The van der Waals surface area contributed by atoms with Gasteiger partial charge in [-0.2, -0.15) is 5.10 Å². The quantitative estimate of drug-likeness (QED) is 0.721. The van der Waals surface area contributed by atoms with Gasteiger partial charge in [0.15, 0.2) is 0 Å². The van der Waals surface area contributed by atoms with Crippen molar-refractivity contribution < 1.29 is 14.6 Å². The predicted octanol–water partition coefficient (Wildman–Crippen LogP) is 3.57. The van der Waals surface area contributed by atoms with Gasteiger partial charge in [0.05, 0.1) is 17.7 Å². The second-order valence-electron chi connectivity index (χ2n) is 5.30. The molecule has 3 rings (SSSR count). The van der Waals surface area contributed by atoms with E-state index in [0.29, 0.717) is 16.8 Å². The lowest BCUT2D eigenvalue weighted by Crippen LogP contribution is -2.13. The van der Waals surface area contributed by atoms with Gasteiger partial charge < -0.3 is 9.84 Å². The van der Waals surface area contributed by atoms with Crippen molar-refractivity contribution in [3.05, 3.63) is 52.0 Å². The van der Waals surface area contributed by atoms with Gasteiger partial charge in [0.1, 0.15) is 5.69 Å². The molecule has 6 nitrogen and oxygen atoms in total. The predicted molar refractivity (Wildman–Crippen MR) is 93.2 cm³/mol. The van der Waals surface area contributed by atoms with Crippen molar-refractivity contribution in [3.8, 4) is 11.1 Å². The zero-order chi connectivity index (χ0) is 17.3. The number of aryl methyl sites for hydroxylation is 1. The largest absolute Gasteiger partial charge is 0.478 e. The molecule has 0 saturated carbocycles.